The molecule has 1 atom stereocenters. The van der Waals surface area contributed by atoms with Gasteiger partial charge in [-0.25, -0.2) is 0 Å². The Morgan fingerprint density at radius 1 is 1.35 bits per heavy atom. The molecule has 1 aliphatic heterocycles. The van der Waals surface area contributed by atoms with Crippen LogP contribution in [0, 0.1) is 5.92 Å². The highest BCUT2D eigenvalue weighted by Gasteiger charge is 2.22. The molecule has 0 amide bonds. The second kappa shape index (κ2) is 9.90. The first-order valence-electron chi connectivity index (χ1n) is 8.46. The molecule has 5 nitrogen and oxygen atoms in total. The van der Waals surface area contributed by atoms with Gasteiger partial charge in [-0.1, -0.05) is 13.8 Å². The highest BCUT2D eigenvalue weighted by Crippen LogP contribution is 2.13. The van der Waals surface area contributed by atoms with Crippen molar-refractivity contribution in [3.63, 3.8) is 0 Å². The quantitative estimate of drug-likeness (QED) is 0.591. The van der Waals surface area contributed by atoms with Crippen LogP contribution in [0.3, 0.4) is 0 Å². The highest BCUT2D eigenvalue weighted by molar-refractivity contribution is 7.07. The maximum atomic E-state index is 5.48. The molecule has 1 aromatic heterocycles. The minimum atomic E-state index is 0.526. The topological polar surface area (TPSA) is 48.9 Å². The van der Waals surface area contributed by atoms with Crippen LogP contribution >= 0.6 is 11.3 Å². The fraction of sp³-hybridized carbons (Fsp3) is 0.706. The summed E-state index contributed by atoms with van der Waals surface area (Å²) in [6, 6.07) is 2.67. The van der Waals surface area contributed by atoms with Gasteiger partial charge < -0.3 is 15.4 Å². The van der Waals surface area contributed by atoms with Gasteiger partial charge in [-0.15, -0.1) is 0 Å². The zero-order chi connectivity index (χ0) is 16.5. The van der Waals surface area contributed by atoms with Crippen LogP contribution in [0.25, 0.3) is 0 Å². The predicted molar refractivity (Wildman–Crippen MR) is 98.2 cm³/mol. The van der Waals surface area contributed by atoms with E-state index in [-0.39, 0.29) is 0 Å². The van der Waals surface area contributed by atoms with Gasteiger partial charge in [0.05, 0.1) is 13.2 Å². The first-order valence-corrected chi connectivity index (χ1v) is 9.40. The van der Waals surface area contributed by atoms with Gasteiger partial charge in [-0.3, -0.25) is 9.89 Å². The van der Waals surface area contributed by atoms with E-state index in [1.54, 1.807) is 11.3 Å². The summed E-state index contributed by atoms with van der Waals surface area (Å²) in [5.74, 6) is 1.56. The van der Waals surface area contributed by atoms with Crippen LogP contribution < -0.4 is 10.6 Å². The summed E-state index contributed by atoms with van der Waals surface area (Å²) in [4.78, 5) is 6.88. The zero-order valence-electron chi connectivity index (χ0n) is 14.5. The molecule has 0 saturated carbocycles. The average molecular weight is 339 g/mol. The summed E-state index contributed by atoms with van der Waals surface area (Å²) < 4.78 is 5.48. The summed E-state index contributed by atoms with van der Waals surface area (Å²) in [6.45, 7) is 10.1. The molecule has 1 aliphatic rings. The number of nitrogens with one attached hydrogen (secondary N) is 2. The number of guanidine groups is 1. The summed E-state index contributed by atoms with van der Waals surface area (Å²) >= 11 is 1.72. The third-order valence-electron chi connectivity index (χ3n) is 4.07. The summed E-state index contributed by atoms with van der Waals surface area (Å²) in [5, 5.41) is 11.1. The number of thiophene rings is 1. The van der Waals surface area contributed by atoms with Crippen molar-refractivity contribution < 1.29 is 4.74 Å². The Bertz CT molecular complexity index is 455. The lowest BCUT2D eigenvalue weighted by molar-refractivity contribution is 0.0132. The second-order valence-corrected chi connectivity index (χ2v) is 7.15. The van der Waals surface area contributed by atoms with E-state index in [1.165, 1.54) is 12.0 Å². The summed E-state index contributed by atoms with van der Waals surface area (Å²) in [7, 11) is 1.83. The Hall–Kier alpha value is -1.11. The zero-order valence-corrected chi connectivity index (χ0v) is 15.4. The SMILES string of the molecule is CN=C(NCc1ccsc1)NCC(CC(C)C)N1CCOCC1. The first-order chi connectivity index (χ1) is 11.2. The minimum absolute atomic E-state index is 0.526. The van der Waals surface area contributed by atoms with E-state index in [2.05, 4.69) is 51.2 Å². The molecule has 23 heavy (non-hydrogen) atoms. The van der Waals surface area contributed by atoms with Crippen molar-refractivity contribution in [2.24, 2.45) is 10.9 Å². The van der Waals surface area contributed by atoms with Crippen LogP contribution in [-0.4, -0.2) is 56.8 Å². The van der Waals surface area contributed by atoms with E-state index in [0.29, 0.717) is 12.0 Å². The maximum absolute atomic E-state index is 5.48. The van der Waals surface area contributed by atoms with Crippen LogP contribution in [0.15, 0.2) is 21.8 Å². The monoisotopic (exact) mass is 338 g/mol. The standard InChI is InChI=1S/C17H30N4OS/c1-14(2)10-16(21-5-7-22-8-6-21)12-20-17(18-3)19-11-15-4-9-23-13-15/h4,9,13-14,16H,5-8,10-12H2,1-3H3,(H2,18,19,20). The fourth-order valence-electron chi connectivity index (χ4n) is 2.86. The van der Waals surface area contributed by atoms with Crippen molar-refractivity contribution in [3.8, 4) is 0 Å². The molecular formula is C17H30N4OS. The molecule has 2 rings (SSSR count). The molecular weight excluding hydrogens is 308 g/mol. The minimum Gasteiger partial charge on any atom is -0.379 e. The Kier molecular flexibility index (Phi) is 7.85. The number of morpholine rings is 1. The van der Waals surface area contributed by atoms with Gasteiger partial charge in [0, 0.05) is 39.3 Å². The van der Waals surface area contributed by atoms with Gasteiger partial charge in [0.25, 0.3) is 0 Å². The molecule has 0 bridgehead atoms. The summed E-state index contributed by atoms with van der Waals surface area (Å²) in [5.41, 5.74) is 1.30. The fourth-order valence-corrected chi connectivity index (χ4v) is 3.53. The molecule has 1 fully saturated rings. The number of rotatable bonds is 7. The Morgan fingerprint density at radius 2 is 2.13 bits per heavy atom. The van der Waals surface area contributed by atoms with Gasteiger partial charge in [-0.05, 0) is 34.7 Å². The molecule has 2 heterocycles. The maximum Gasteiger partial charge on any atom is 0.191 e. The molecule has 130 valence electrons. The van der Waals surface area contributed by atoms with Gasteiger partial charge in [0.1, 0.15) is 0 Å². The number of hydrogen-bond donors (Lipinski definition) is 2. The lowest BCUT2D eigenvalue weighted by Gasteiger charge is -2.35. The lowest BCUT2D eigenvalue weighted by atomic mass is 10.0. The normalized spacial score (nSPS) is 18.2. The molecule has 2 N–H and O–H groups in total. The van der Waals surface area contributed by atoms with Crippen LogP contribution in [0.1, 0.15) is 25.8 Å². The van der Waals surface area contributed by atoms with Gasteiger partial charge in [0.15, 0.2) is 5.96 Å². The molecule has 1 saturated heterocycles. The van der Waals surface area contributed by atoms with Crippen molar-refractivity contribution in [2.45, 2.75) is 32.9 Å². The largest absolute Gasteiger partial charge is 0.379 e. The Balaban J connectivity index is 1.82. The third-order valence-corrected chi connectivity index (χ3v) is 4.81. The van der Waals surface area contributed by atoms with Gasteiger partial charge in [-0.2, -0.15) is 11.3 Å². The van der Waals surface area contributed by atoms with Crippen molar-refractivity contribution in [2.75, 3.05) is 39.9 Å². The predicted octanol–water partition coefficient (Wildman–Crippen LogP) is 2.16. The molecule has 0 radical (unpaired) electrons. The highest BCUT2D eigenvalue weighted by atomic mass is 32.1. The number of hydrogen-bond acceptors (Lipinski definition) is 4. The van der Waals surface area contributed by atoms with Crippen LogP contribution in [-0.2, 0) is 11.3 Å². The van der Waals surface area contributed by atoms with Crippen LogP contribution in [0.4, 0.5) is 0 Å². The van der Waals surface area contributed by atoms with E-state index in [0.717, 1.165) is 45.4 Å². The molecule has 1 unspecified atom stereocenters. The number of nitrogens with zero attached hydrogens (tertiary/aromatic N) is 2. The molecule has 6 heteroatoms. The lowest BCUT2D eigenvalue weighted by Crippen LogP contribution is -2.50. The van der Waals surface area contributed by atoms with Gasteiger partial charge >= 0.3 is 0 Å². The smallest absolute Gasteiger partial charge is 0.191 e. The number of ether oxygens (including phenoxy) is 1. The van der Waals surface area contributed by atoms with E-state index < -0.39 is 0 Å². The molecule has 0 aliphatic carbocycles. The average Bonchev–Trinajstić information content (AvgIpc) is 3.07. The van der Waals surface area contributed by atoms with Crippen molar-refractivity contribution in [3.05, 3.63) is 22.4 Å². The van der Waals surface area contributed by atoms with Crippen LogP contribution in [0.2, 0.25) is 0 Å². The van der Waals surface area contributed by atoms with E-state index in [9.17, 15) is 0 Å². The molecule has 1 aromatic rings. The Labute approximate surface area is 144 Å². The molecule has 0 spiro atoms. The van der Waals surface area contributed by atoms with E-state index >= 15 is 0 Å². The van der Waals surface area contributed by atoms with Gasteiger partial charge in [0.2, 0.25) is 0 Å². The van der Waals surface area contributed by atoms with Crippen molar-refractivity contribution in [1.82, 2.24) is 15.5 Å². The first kappa shape index (κ1) is 18.2. The Morgan fingerprint density at radius 3 is 2.74 bits per heavy atom. The van der Waals surface area contributed by atoms with Crippen LogP contribution in [0.5, 0.6) is 0 Å². The molecule has 0 aromatic carbocycles. The van der Waals surface area contributed by atoms with Crippen molar-refractivity contribution >= 4 is 17.3 Å². The second-order valence-electron chi connectivity index (χ2n) is 6.37. The van der Waals surface area contributed by atoms with E-state index in [1.807, 2.05) is 7.05 Å². The van der Waals surface area contributed by atoms with E-state index in [4.69, 9.17) is 4.74 Å². The van der Waals surface area contributed by atoms with Crippen molar-refractivity contribution in [1.29, 1.82) is 0 Å². The third kappa shape index (κ3) is 6.49. The summed E-state index contributed by atoms with van der Waals surface area (Å²) in [6.07, 6.45) is 1.19. The number of aliphatic imine (C=N–C) groups is 1.